The van der Waals surface area contributed by atoms with E-state index in [1.165, 1.54) is 10.9 Å². The second-order valence-electron chi connectivity index (χ2n) is 3.46. The molecule has 2 aromatic heterocycles. The van der Waals surface area contributed by atoms with E-state index in [0.717, 1.165) is 0 Å². The van der Waals surface area contributed by atoms with Gasteiger partial charge in [0.25, 0.3) is 5.82 Å². The second kappa shape index (κ2) is 5.14. The molecular formula is C11H11ClN4O2. The summed E-state index contributed by atoms with van der Waals surface area (Å²) in [5.74, 6) is -0.0442. The van der Waals surface area contributed by atoms with Crippen LogP contribution in [-0.4, -0.2) is 32.3 Å². The lowest BCUT2D eigenvalue weighted by Gasteiger charge is -2.00. The number of hydrogen-bond acceptors (Lipinski definition) is 5. The van der Waals surface area contributed by atoms with E-state index >= 15 is 0 Å². The van der Waals surface area contributed by atoms with Crippen molar-refractivity contribution in [1.82, 2.24) is 19.7 Å². The van der Waals surface area contributed by atoms with E-state index in [4.69, 9.17) is 16.3 Å². The van der Waals surface area contributed by atoms with Crippen LogP contribution in [0.25, 0.3) is 11.4 Å². The number of carbonyl (C=O) groups excluding carboxylic acids is 1. The molecule has 0 N–H and O–H groups in total. The van der Waals surface area contributed by atoms with Crippen LogP contribution in [0.1, 0.15) is 17.5 Å². The molecule has 0 unspecified atom stereocenters. The summed E-state index contributed by atoms with van der Waals surface area (Å²) in [6.07, 6.45) is 3.11. The highest BCUT2D eigenvalue weighted by atomic mass is 35.5. The Labute approximate surface area is 109 Å². The highest BCUT2D eigenvalue weighted by Crippen LogP contribution is 2.24. The lowest BCUT2D eigenvalue weighted by molar-refractivity contribution is 0.0512. The number of rotatable bonds is 3. The number of halogens is 1. The summed E-state index contributed by atoms with van der Waals surface area (Å²) in [6.45, 7) is 2.00. The first kappa shape index (κ1) is 12.5. The average Bonchev–Trinajstić information content (AvgIpc) is 2.72. The zero-order valence-electron chi connectivity index (χ0n) is 9.92. The van der Waals surface area contributed by atoms with Gasteiger partial charge in [-0.15, -0.1) is 5.10 Å². The quantitative estimate of drug-likeness (QED) is 0.791. The lowest BCUT2D eigenvalue weighted by Crippen LogP contribution is -2.07. The van der Waals surface area contributed by atoms with E-state index in [-0.39, 0.29) is 12.4 Å². The Morgan fingerprint density at radius 2 is 2.33 bits per heavy atom. The summed E-state index contributed by atoms with van der Waals surface area (Å²) in [5.41, 5.74) is 0.664. The minimum Gasteiger partial charge on any atom is -0.460 e. The van der Waals surface area contributed by atoms with Crippen LogP contribution < -0.4 is 0 Å². The zero-order valence-corrected chi connectivity index (χ0v) is 10.7. The fraction of sp³-hybridized carbons (Fsp3) is 0.273. The Kier molecular flexibility index (Phi) is 3.57. The summed E-state index contributed by atoms with van der Waals surface area (Å²) in [4.78, 5) is 19.5. The number of ether oxygens (including phenoxy) is 1. The van der Waals surface area contributed by atoms with Crippen molar-refractivity contribution in [2.24, 2.45) is 7.05 Å². The molecule has 0 aliphatic carbocycles. The monoisotopic (exact) mass is 266 g/mol. The van der Waals surface area contributed by atoms with E-state index in [9.17, 15) is 4.79 Å². The molecule has 7 heteroatoms. The summed E-state index contributed by atoms with van der Waals surface area (Å²) >= 11 is 6.02. The van der Waals surface area contributed by atoms with Gasteiger partial charge in [0.1, 0.15) is 0 Å². The van der Waals surface area contributed by atoms with Crippen molar-refractivity contribution < 1.29 is 9.53 Å². The highest BCUT2D eigenvalue weighted by molar-refractivity contribution is 6.33. The van der Waals surface area contributed by atoms with E-state index < -0.39 is 5.97 Å². The molecule has 0 saturated carbocycles. The van der Waals surface area contributed by atoms with Crippen molar-refractivity contribution in [2.75, 3.05) is 6.61 Å². The number of esters is 1. The van der Waals surface area contributed by atoms with Gasteiger partial charge in [-0.1, -0.05) is 11.6 Å². The molecule has 0 atom stereocenters. The molecule has 0 bridgehead atoms. The summed E-state index contributed by atoms with van der Waals surface area (Å²) in [5, 5.41) is 4.45. The molecule has 0 saturated heterocycles. The molecule has 0 aliphatic heterocycles. The molecule has 6 nitrogen and oxygen atoms in total. The number of pyridine rings is 1. The summed E-state index contributed by atoms with van der Waals surface area (Å²) in [7, 11) is 1.68. The molecule has 0 fully saturated rings. The van der Waals surface area contributed by atoms with Crippen molar-refractivity contribution in [1.29, 1.82) is 0 Å². The minimum atomic E-state index is -0.551. The first-order chi connectivity index (χ1) is 8.63. The fourth-order valence-corrected chi connectivity index (χ4v) is 1.66. The number of aromatic nitrogens is 4. The van der Waals surface area contributed by atoms with E-state index in [2.05, 4.69) is 15.1 Å². The Bertz CT molecular complexity index is 582. The molecule has 18 heavy (non-hydrogen) atoms. The normalized spacial score (nSPS) is 10.4. The largest absolute Gasteiger partial charge is 0.460 e. The number of aryl methyl sites for hydroxylation is 1. The third-order valence-corrected chi connectivity index (χ3v) is 2.54. The van der Waals surface area contributed by atoms with Crippen molar-refractivity contribution in [3.05, 3.63) is 29.3 Å². The number of hydrogen-bond donors (Lipinski definition) is 0. The highest BCUT2D eigenvalue weighted by Gasteiger charge is 2.18. The van der Waals surface area contributed by atoms with Crippen LogP contribution in [0.2, 0.25) is 5.02 Å². The molecule has 2 rings (SSSR count). The van der Waals surface area contributed by atoms with Crippen molar-refractivity contribution >= 4 is 17.6 Å². The van der Waals surface area contributed by atoms with Gasteiger partial charge in [0.15, 0.2) is 5.82 Å². The third kappa shape index (κ3) is 2.33. The van der Waals surface area contributed by atoms with Crippen LogP contribution >= 0.6 is 11.6 Å². The zero-order chi connectivity index (χ0) is 13.1. The van der Waals surface area contributed by atoms with Crippen molar-refractivity contribution in [3.8, 4) is 11.4 Å². The van der Waals surface area contributed by atoms with E-state index in [1.807, 2.05) is 0 Å². The van der Waals surface area contributed by atoms with Gasteiger partial charge in [0.2, 0.25) is 0 Å². The average molecular weight is 267 g/mol. The molecule has 0 radical (unpaired) electrons. The predicted octanol–water partition coefficient (Wildman–Crippen LogP) is 1.71. The van der Waals surface area contributed by atoms with Gasteiger partial charge in [-0.05, 0) is 13.0 Å². The Morgan fingerprint density at radius 1 is 1.56 bits per heavy atom. The van der Waals surface area contributed by atoms with Gasteiger partial charge in [-0.25, -0.2) is 14.5 Å². The van der Waals surface area contributed by atoms with Crippen molar-refractivity contribution in [2.45, 2.75) is 6.92 Å². The van der Waals surface area contributed by atoms with Crippen LogP contribution in [0, 0.1) is 0 Å². The van der Waals surface area contributed by atoms with Crippen LogP contribution in [0.4, 0.5) is 0 Å². The van der Waals surface area contributed by atoms with E-state index in [0.29, 0.717) is 16.4 Å². The molecule has 0 spiro atoms. The SMILES string of the molecule is CCOC(=O)c1nc(-c2ccncc2Cl)n(C)n1. The molecule has 94 valence electrons. The number of carbonyl (C=O) groups is 1. The lowest BCUT2D eigenvalue weighted by atomic mass is 10.2. The van der Waals surface area contributed by atoms with Crippen LogP contribution in [0.5, 0.6) is 0 Å². The topological polar surface area (TPSA) is 69.9 Å². The van der Waals surface area contributed by atoms with Crippen LogP contribution in [-0.2, 0) is 11.8 Å². The first-order valence-corrected chi connectivity index (χ1v) is 5.69. The Hall–Kier alpha value is -1.95. The fourth-order valence-electron chi connectivity index (χ4n) is 1.46. The number of nitrogens with zero attached hydrogens (tertiary/aromatic N) is 4. The first-order valence-electron chi connectivity index (χ1n) is 5.31. The van der Waals surface area contributed by atoms with Gasteiger partial charge < -0.3 is 4.74 Å². The van der Waals surface area contributed by atoms with Crippen LogP contribution in [0.3, 0.4) is 0 Å². The van der Waals surface area contributed by atoms with E-state index in [1.54, 1.807) is 26.2 Å². The Balaban J connectivity index is 2.42. The van der Waals surface area contributed by atoms with Gasteiger partial charge in [0.05, 0.1) is 11.6 Å². The van der Waals surface area contributed by atoms with Gasteiger partial charge in [-0.2, -0.15) is 0 Å². The van der Waals surface area contributed by atoms with Crippen LogP contribution in [0.15, 0.2) is 18.5 Å². The maximum Gasteiger partial charge on any atom is 0.378 e. The maximum absolute atomic E-state index is 11.5. The molecule has 2 heterocycles. The third-order valence-electron chi connectivity index (χ3n) is 2.23. The molecule has 0 aromatic carbocycles. The van der Waals surface area contributed by atoms with Gasteiger partial charge >= 0.3 is 5.97 Å². The van der Waals surface area contributed by atoms with Crippen molar-refractivity contribution in [3.63, 3.8) is 0 Å². The van der Waals surface area contributed by atoms with Gasteiger partial charge in [-0.3, -0.25) is 4.98 Å². The standard InChI is InChI=1S/C11H11ClN4O2/c1-3-18-11(17)9-14-10(16(2)15-9)7-4-5-13-6-8(7)12/h4-6H,3H2,1-2H3. The smallest absolute Gasteiger partial charge is 0.378 e. The maximum atomic E-state index is 11.5. The molecule has 0 amide bonds. The second-order valence-corrected chi connectivity index (χ2v) is 3.87. The minimum absolute atomic E-state index is 0.0160. The molecule has 0 aliphatic rings. The predicted molar refractivity (Wildman–Crippen MR) is 65.2 cm³/mol. The molecule has 2 aromatic rings. The molecular weight excluding hydrogens is 256 g/mol. The Morgan fingerprint density at radius 3 is 3.00 bits per heavy atom. The summed E-state index contributed by atoms with van der Waals surface area (Å²) < 4.78 is 6.32. The van der Waals surface area contributed by atoms with Gasteiger partial charge in [0, 0.05) is 25.0 Å². The summed E-state index contributed by atoms with van der Waals surface area (Å²) in [6, 6.07) is 1.71.